The molecule has 15 nitrogen and oxygen atoms in total. The molecular formula is C21H30F2NO14P. The third-order valence-corrected chi connectivity index (χ3v) is 6.30. The van der Waals surface area contributed by atoms with Crippen molar-refractivity contribution in [2.45, 2.75) is 70.6 Å². The minimum atomic E-state index is -4.99. The first-order chi connectivity index (χ1) is 18.0. The van der Waals surface area contributed by atoms with Crippen LogP contribution in [-0.4, -0.2) is 85.4 Å². The molecule has 0 bridgehead atoms. The summed E-state index contributed by atoms with van der Waals surface area (Å²) in [7, 11) is -4.99. The van der Waals surface area contributed by atoms with Crippen LogP contribution in [0.2, 0.25) is 0 Å². The second kappa shape index (κ2) is 13.1. The standard InChI is InChI=1S/C21H30F2NO14P/c1-11(2)36-18(28)31-9-34-39(30,35-10-32-19(29)37-12(3)4)33-8-21(23)17(27)20(5,22)15(38-21)13-6-7-14(25)24-16(13)26/h6-7,11-13,15,17,27H,8-10H2,1-5H3,(H,24,25,26)/t13?,15-,17-,20-,21+/m0/s1. The summed E-state index contributed by atoms with van der Waals surface area (Å²) in [5.74, 6) is -6.76. The third kappa shape index (κ3) is 8.91. The molecular weight excluding hydrogens is 559 g/mol. The molecule has 39 heavy (non-hydrogen) atoms. The zero-order valence-electron chi connectivity index (χ0n) is 21.6. The molecule has 1 saturated heterocycles. The largest absolute Gasteiger partial charge is 0.510 e. The number of aliphatic hydroxyl groups excluding tert-OH is 1. The summed E-state index contributed by atoms with van der Waals surface area (Å²) >= 11 is 0. The van der Waals surface area contributed by atoms with Gasteiger partial charge in [-0.05, 0) is 34.6 Å². The van der Waals surface area contributed by atoms with E-state index in [-0.39, 0.29) is 0 Å². The van der Waals surface area contributed by atoms with Gasteiger partial charge in [0.05, 0.1) is 18.1 Å². The fourth-order valence-corrected chi connectivity index (χ4v) is 4.20. The van der Waals surface area contributed by atoms with Crippen LogP contribution in [0.4, 0.5) is 18.4 Å². The monoisotopic (exact) mass is 589 g/mol. The average Bonchev–Trinajstić information content (AvgIpc) is 2.97. The lowest BCUT2D eigenvalue weighted by molar-refractivity contribution is -0.199. The number of hydrogen-bond acceptors (Lipinski definition) is 14. The first-order valence-corrected chi connectivity index (χ1v) is 12.9. The van der Waals surface area contributed by atoms with Crippen LogP contribution in [0, 0.1) is 5.92 Å². The van der Waals surface area contributed by atoms with Crippen molar-refractivity contribution in [3.05, 3.63) is 12.2 Å². The highest BCUT2D eigenvalue weighted by Gasteiger charge is 2.66. The first-order valence-electron chi connectivity index (χ1n) is 11.5. The predicted octanol–water partition coefficient (Wildman–Crippen LogP) is 2.17. The highest BCUT2D eigenvalue weighted by atomic mass is 31.2. The van der Waals surface area contributed by atoms with E-state index >= 15 is 8.78 Å². The Bertz CT molecular complexity index is 973. The molecule has 0 spiro atoms. The van der Waals surface area contributed by atoms with Gasteiger partial charge in [0.2, 0.25) is 25.4 Å². The van der Waals surface area contributed by atoms with Gasteiger partial charge < -0.3 is 28.8 Å². The van der Waals surface area contributed by atoms with Crippen LogP contribution >= 0.6 is 7.82 Å². The molecule has 5 atom stereocenters. The van der Waals surface area contributed by atoms with E-state index in [0.717, 1.165) is 19.1 Å². The van der Waals surface area contributed by atoms with Crippen molar-refractivity contribution in [3.63, 3.8) is 0 Å². The Labute approximate surface area is 221 Å². The molecule has 0 aromatic rings. The van der Waals surface area contributed by atoms with E-state index in [9.17, 15) is 28.8 Å². The van der Waals surface area contributed by atoms with Crippen molar-refractivity contribution < 1.29 is 74.9 Å². The van der Waals surface area contributed by atoms with Gasteiger partial charge in [0.1, 0.15) is 12.7 Å². The molecule has 0 aliphatic carbocycles. The number of phosphoric ester groups is 1. The number of carbonyl (C=O) groups excluding carboxylic acids is 4. The number of aliphatic hydroxyl groups is 1. The average molecular weight is 589 g/mol. The van der Waals surface area contributed by atoms with E-state index in [1.807, 2.05) is 5.32 Å². The van der Waals surface area contributed by atoms with Gasteiger partial charge in [-0.3, -0.25) is 19.4 Å². The quantitative estimate of drug-likeness (QED) is 0.146. The lowest BCUT2D eigenvalue weighted by Gasteiger charge is -2.28. The molecule has 0 radical (unpaired) electrons. The van der Waals surface area contributed by atoms with Crippen LogP contribution in [0.25, 0.3) is 0 Å². The van der Waals surface area contributed by atoms with Crippen molar-refractivity contribution >= 4 is 31.9 Å². The van der Waals surface area contributed by atoms with E-state index in [2.05, 4.69) is 18.9 Å². The predicted molar refractivity (Wildman–Crippen MR) is 121 cm³/mol. The number of nitrogens with one attached hydrogen (secondary N) is 1. The summed E-state index contributed by atoms with van der Waals surface area (Å²) in [5, 5.41) is 12.3. The molecule has 0 aromatic carbocycles. The topological polar surface area (TPSA) is 191 Å². The summed E-state index contributed by atoms with van der Waals surface area (Å²) in [6, 6.07) is 0. The van der Waals surface area contributed by atoms with Crippen molar-refractivity contribution in [3.8, 4) is 0 Å². The Hall–Kier alpha value is -2.69. The van der Waals surface area contributed by atoms with Gasteiger partial charge in [0, 0.05) is 6.08 Å². The highest BCUT2D eigenvalue weighted by molar-refractivity contribution is 7.48. The van der Waals surface area contributed by atoms with E-state index in [1.165, 1.54) is 27.7 Å². The minimum absolute atomic E-state index is 0.577. The van der Waals surface area contributed by atoms with Crippen LogP contribution in [0.5, 0.6) is 0 Å². The van der Waals surface area contributed by atoms with Gasteiger partial charge in [-0.2, -0.15) is 0 Å². The fourth-order valence-electron chi connectivity index (χ4n) is 3.28. The fraction of sp³-hybridized carbons (Fsp3) is 0.714. The molecule has 0 aromatic heterocycles. The second-order valence-corrected chi connectivity index (χ2v) is 10.6. The Morgan fingerprint density at radius 3 is 2.03 bits per heavy atom. The van der Waals surface area contributed by atoms with Crippen LogP contribution in [0.15, 0.2) is 12.2 Å². The van der Waals surface area contributed by atoms with Crippen molar-refractivity contribution in [2.24, 2.45) is 5.92 Å². The number of halogens is 2. The lowest BCUT2D eigenvalue weighted by atomic mass is 9.85. The number of phosphoric acid groups is 1. The molecule has 2 N–H and O–H groups in total. The van der Waals surface area contributed by atoms with E-state index in [0.29, 0.717) is 0 Å². The maximum Gasteiger partial charge on any atom is 0.510 e. The van der Waals surface area contributed by atoms with Crippen molar-refractivity contribution in [2.75, 3.05) is 20.2 Å². The Morgan fingerprint density at radius 1 is 1.05 bits per heavy atom. The highest BCUT2D eigenvalue weighted by Crippen LogP contribution is 2.53. The minimum Gasteiger partial charge on any atom is -0.432 e. The smallest absolute Gasteiger partial charge is 0.432 e. The van der Waals surface area contributed by atoms with Crippen LogP contribution in [0.1, 0.15) is 34.6 Å². The molecule has 2 rings (SSSR count). The summed E-state index contributed by atoms with van der Waals surface area (Å²) in [6.07, 6.45) is -6.31. The van der Waals surface area contributed by atoms with Crippen molar-refractivity contribution in [1.29, 1.82) is 0 Å². The number of ether oxygens (including phenoxy) is 5. The number of rotatable bonds is 12. The Kier molecular flexibility index (Phi) is 10.9. The third-order valence-electron chi connectivity index (χ3n) is 5.01. The molecule has 2 heterocycles. The number of amides is 2. The maximum absolute atomic E-state index is 15.6. The van der Waals surface area contributed by atoms with Gasteiger partial charge in [0.25, 0.3) is 5.85 Å². The molecule has 2 aliphatic rings. The van der Waals surface area contributed by atoms with E-state index < -0.39 is 94.0 Å². The molecule has 1 unspecified atom stereocenters. The van der Waals surface area contributed by atoms with Gasteiger partial charge in [0.15, 0.2) is 11.8 Å². The van der Waals surface area contributed by atoms with E-state index in [4.69, 9.17) is 18.3 Å². The molecule has 2 aliphatic heterocycles. The maximum atomic E-state index is 15.6. The van der Waals surface area contributed by atoms with E-state index in [1.54, 1.807) is 0 Å². The summed E-state index contributed by atoms with van der Waals surface area (Å²) < 4.78 is 81.8. The molecule has 2 amide bonds. The van der Waals surface area contributed by atoms with Gasteiger partial charge in [-0.25, -0.2) is 32.0 Å². The number of alkyl halides is 2. The van der Waals surface area contributed by atoms with Crippen LogP contribution < -0.4 is 5.32 Å². The van der Waals surface area contributed by atoms with Crippen molar-refractivity contribution in [1.82, 2.24) is 5.32 Å². The summed E-state index contributed by atoms with van der Waals surface area (Å²) in [6.45, 7) is 3.04. The summed E-state index contributed by atoms with van der Waals surface area (Å²) in [4.78, 5) is 46.5. The number of hydrogen-bond donors (Lipinski definition) is 2. The number of carbonyl (C=O) groups is 4. The Balaban J connectivity index is 2.13. The Morgan fingerprint density at radius 2 is 1.56 bits per heavy atom. The first kappa shape index (κ1) is 32.5. The molecule has 222 valence electrons. The number of imide groups is 1. The zero-order chi connectivity index (χ0) is 29.6. The summed E-state index contributed by atoms with van der Waals surface area (Å²) in [5.41, 5.74) is -2.91. The molecule has 1 fully saturated rings. The molecule has 0 saturated carbocycles. The van der Waals surface area contributed by atoms with Gasteiger partial charge in [-0.15, -0.1) is 0 Å². The second-order valence-electron chi connectivity index (χ2n) is 8.95. The normalized spacial score (nSPS) is 28.9. The zero-order valence-corrected chi connectivity index (χ0v) is 22.5. The van der Waals surface area contributed by atoms with Gasteiger partial charge >= 0.3 is 20.1 Å². The van der Waals surface area contributed by atoms with Crippen LogP contribution in [0.3, 0.4) is 0 Å². The van der Waals surface area contributed by atoms with Gasteiger partial charge in [-0.1, -0.05) is 6.08 Å². The molecule has 18 heteroatoms. The lowest BCUT2D eigenvalue weighted by Crippen LogP contribution is -2.51. The SMILES string of the molecule is CC(C)OC(=O)OCOP(=O)(OCOC(=O)OC(C)C)OC[C@@]1(F)O[C@@H](C2C=CC(=O)NC2=O)[C@](C)(F)[C@@H]1O. The van der Waals surface area contributed by atoms with Crippen LogP contribution in [-0.2, 0) is 51.4 Å².